The molecule has 0 aliphatic rings. The van der Waals surface area contributed by atoms with Gasteiger partial charge in [0.05, 0.1) is 5.56 Å². The van der Waals surface area contributed by atoms with E-state index in [1.807, 2.05) is 31.2 Å². The number of pyridine rings is 1. The number of nitrogens with zero attached hydrogens (tertiary/aromatic N) is 1. The average Bonchev–Trinajstić information content (AvgIpc) is 2.46. The molecule has 22 heavy (non-hydrogen) atoms. The molecule has 0 unspecified atom stereocenters. The van der Waals surface area contributed by atoms with Gasteiger partial charge in [-0.2, -0.15) is 13.2 Å². The topological polar surface area (TPSA) is 24.9 Å². The van der Waals surface area contributed by atoms with Gasteiger partial charge in [0.15, 0.2) is 0 Å². The van der Waals surface area contributed by atoms with Gasteiger partial charge in [0.2, 0.25) is 0 Å². The average molecular weight is 302 g/mol. The maximum atomic E-state index is 12.8. The van der Waals surface area contributed by atoms with E-state index in [2.05, 4.69) is 10.3 Å². The van der Waals surface area contributed by atoms with Crippen LogP contribution in [0.25, 0.3) is 10.8 Å². The molecule has 0 atom stereocenters. The van der Waals surface area contributed by atoms with Gasteiger partial charge in [0.25, 0.3) is 0 Å². The predicted octanol–water partition coefficient (Wildman–Crippen LogP) is 5.31. The smallest absolute Gasteiger partial charge is 0.340 e. The van der Waals surface area contributed by atoms with Crippen molar-refractivity contribution in [3.05, 3.63) is 65.9 Å². The Bertz CT molecular complexity index is 825. The van der Waals surface area contributed by atoms with Crippen molar-refractivity contribution < 1.29 is 13.2 Å². The summed E-state index contributed by atoms with van der Waals surface area (Å²) in [5.74, 6) is 0.539. The maximum Gasteiger partial charge on any atom is 0.416 e. The largest absolute Gasteiger partial charge is 0.416 e. The van der Waals surface area contributed by atoms with Gasteiger partial charge in [-0.05, 0) is 36.6 Å². The van der Waals surface area contributed by atoms with Gasteiger partial charge in [-0.25, -0.2) is 4.98 Å². The number of nitrogens with one attached hydrogen (secondary N) is 1. The minimum Gasteiger partial charge on any atom is -0.340 e. The Kier molecular flexibility index (Phi) is 3.48. The molecule has 5 heteroatoms. The molecule has 1 aromatic heterocycles. The normalized spacial score (nSPS) is 11.6. The van der Waals surface area contributed by atoms with Gasteiger partial charge in [0, 0.05) is 17.3 Å². The molecule has 0 saturated carbocycles. The third-order valence-corrected chi connectivity index (χ3v) is 3.37. The second-order valence-corrected chi connectivity index (χ2v) is 5.09. The van der Waals surface area contributed by atoms with Crippen LogP contribution in [-0.4, -0.2) is 4.98 Å². The first-order valence-corrected chi connectivity index (χ1v) is 6.73. The van der Waals surface area contributed by atoms with Crippen molar-refractivity contribution in [3.8, 4) is 0 Å². The van der Waals surface area contributed by atoms with E-state index >= 15 is 0 Å². The zero-order valence-electron chi connectivity index (χ0n) is 11.8. The molecule has 0 radical (unpaired) electrons. The van der Waals surface area contributed by atoms with Crippen molar-refractivity contribution in [2.24, 2.45) is 0 Å². The second kappa shape index (κ2) is 5.33. The van der Waals surface area contributed by atoms with Crippen LogP contribution in [0.15, 0.2) is 54.7 Å². The van der Waals surface area contributed by atoms with Crippen LogP contribution in [-0.2, 0) is 6.18 Å². The Morgan fingerprint density at radius 2 is 1.82 bits per heavy atom. The summed E-state index contributed by atoms with van der Waals surface area (Å²) in [6.45, 7) is 1.99. The van der Waals surface area contributed by atoms with Crippen LogP contribution in [0.5, 0.6) is 0 Å². The Morgan fingerprint density at radius 3 is 2.59 bits per heavy atom. The lowest BCUT2D eigenvalue weighted by Crippen LogP contribution is -2.05. The van der Waals surface area contributed by atoms with Gasteiger partial charge >= 0.3 is 6.18 Å². The molecule has 0 bridgehead atoms. The predicted molar refractivity (Wildman–Crippen MR) is 81.2 cm³/mol. The fourth-order valence-corrected chi connectivity index (χ4v) is 2.31. The van der Waals surface area contributed by atoms with Crippen molar-refractivity contribution >= 4 is 22.3 Å². The molecule has 0 spiro atoms. The number of fused-ring (bicyclic) bond motifs is 1. The van der Waals surface area contributed by atoms with E-state index in [4.69, 9.17) is 0 Å². The molecule has 3 aromatic rings. The summed E-state index contributed by atoms with van der Waals surface area (Å²) in [5.41, 5.74) is 0.785. The van der Waals surface area contributed by atoms with E-state index in [-0.39, 0.29) is 0 Å². The highest BCUT2D eigenvalue weighted by Gasteiger charge is 2.30. The number of alkyl halides is 3. The lowest BCUT2D eigenvalue weighted by atomic mass is 10.1. The van der Waals surface area contributed by atoms with Crippen LogP contribution in [0.3, 0.4) is 0 Å². The molecule has 112 valence electrons. The molecular formula is C17H13F3N2. The highest BCUT2D eigenvalue weighted by atomic mass is 19.4. The number of halogens is 3. The standard InChI is InChI=1S/C17H13F3N2/c1-11-5-6-15-12(9-11)7-8-21-16(15)22-14-4-2-3-13(10-14)17(18,19)20/h2-10H,1H3,(H,21,22). The zero-order valence-corrected chi connectivity index (χ0v) is 11.8. The van der Waals surface area contributed by atoms with E-state index in [0.29, 0.717) is 11.5 Å². The Labute approximate surface area is 125 Å². The molecule has 1 N–H and O–H groups in total. The van der Waals surface area contributed by atoms with E-state index in [9.17, 15) is 13.2 Å². The van der Waals surface area contributed by atoms with Crippen molar-refractivity contribution in [2.75, 3.05) is 5.32 Å². The first-order valence-electron chi connectivity index (χ1n) is 6.73. The maximum absolute atomic E-state index is 12.8. The molecule has 3 rings (SSSR count). The minimum absolute atomic E-state index is 0.357. The number of benzene rings is 2. The van der Waals surface area contributed by atoms with E-state index in [0.717, 1.165) is 28.5 Å². The SMILES string of the molecule is Cc1ccc2c(Nc3cccc(C(F)(F)F)c3)nccc2c1. The number of rotatable bonds is 2. The second-order valence-electron chi connectivity index (χ2n) is 5.09. The summed E-state index contributed by atoms with van der Waals surface area (Å²) in [4.78, 5) is 4.23. The van der Waals surface area contributed by atoms with E-state index in [1.165, 1.54) is 6.07 Å². The third-order valence-electron chi connectivity index (χ3n) is 3.37. The summed E-state index contributed by atoms with van der Waals surface area (Å²) in [6.07, 6.45) is -2.72. The highest BCUT2D eigenvalue weighted by molar-refractivity contribution is 5.93. The number of hydrogen-bond donors (Lipinski definition) is 1. The molecular weight excluding hydrogens is 289 g/mol. The molecule has 0 aliphatic carbocycles. The van der Waals surface area contributed by atoms with Gasteiger partial charge in [0.1, 0.15) is 5.82 Å². The monoisotopic (exact) mass is 302 g/mol. The Morgan fingerprint density at radius 1 is 1.00 bits per heavy atom. The van der Waals surface area contributed by atoms with E-state index < -0.39 is 11.7 Å². The Balaban J connectivity index is 2.00. The van der Waals surface area contributed by atoms with Crippen LogP contribution < -0.4 is 5.32 Å². The molecule has 0 fully saturated rings. The first-order chi connectivity index (χ1) is 10.4. The third kappa shape index (κ3) is 2.88. The van der Waals surface area contributed by atoms with Gasteiger partial charge in [-0.1, -0.05) is 29.8 Å². The number of aryl methyl sites for hydroxylation is 1. The van der Waals surface area contributed by atoms with E-state index in [1.54, 1.807) is 12.3 Å². The summed E-state index contributed by atoms with van der Waals surface area (Å²) in [5, 5.41) is 4.82. The van der Waals surface area contributed by atoms with Crippen molar-refractivity contribution in [2.45, 2.75) is 13.1 Å². The fourth-order valence-electron chi connectivity index (χ4n) is 2.31. The van der Waals surface area contributed by atoms with Crippen LogP contribution in [0.1, 0.15) is 11.1 Å². The lowest BCUT2D eigenvalue weighted by Gasteiger charge is -2.12. The molecule has 0 aliphatic heterocycles. The highest BCUT2D eigenvalue weighted by Crippen LogP contribution is 2.32. The van der Waals surface area contributed by atoms with Crippen LogP contribution >= 0.6 is 0 Å². The van der Waals surface area contributed by atoms with Gasteiger partial charge in [-0.3, -0.25) is 0 Å². The zero-order chi connectivity index (χ0) is 15.7. The van der Waals surface area contributed by atoms with Crippen LogP contribution in [0, 0.1) is 6.92 Å². The summed E-state index contributed by atoms with van der Waals surface area (Å²) in [7, 11) is 0. The number of aromatic nitrogens is 1. The van der Waals surface area contributed by atoms with Crippen molar-refractivity contribution in [1.82, 2.24) is 4.98 Å². The van der Waals surface area contributed by atoms with Gasteiger partial charge in [-0.15, -0.1) is 0 Å². The molecule has 0 amide bonds. The molecule has 1 heterocycles. The number of anilines is 2. The Hall–Kier alpha value is -2.56. The van der Waals surface area contributed by atoms with Crippen molar-refractivity contribution in [3.63, 3.8) is 0 Å². The quantitative estimate of drug-likeness (QED) is 0.694. The molecule has 2 nitrogen and oxygen atoms in total. The minimum atomic E-state index is -4.36. The number of hydrogen-bond acceptors (Lipinski definition) is 2. The lowest BCUT2D eigenvalue weighted by molar-refractivity contribution is -0.137. The summed E-state index contributed by atoms with van der Waals surface area (Å²) in [6, 6.07) is 12.8. The van der Waals surface area contributed by atoms with Crippen molar-refractivity contribution in [1.29, 1.82) is 0 Å². The van der Waals surface area contributed by atoms with Gasteiger partial charge < -0.3 is 5.32 Å². The molecule has 0 saturated heterocycles. The fraction of sp³-hybridized carbons (Fsp3) is 0.118. The van der Waals surface area contributed by atoms with Crippen LogP contribution in [0.2, 0.25) is 0 Å². The van der Waals surface area contributed by atoms with Crippen LogP contribution in [0.4, 0.5) is 24.7 Å². The summed E-state index contributed by atoms with van der Waals surface area (Å²) < 4.78 is 38.3. The molecule has 2 aromatic carbocycles. The first kappa shape index (κ1) is 14.4. The summed E-state index contributed by atoms with van der Waals surface area (Å²) >= 11 is 0.